The van der Waals surface area contributed by atoms with E-state index in [0.29, 0.717) is 0 Å². The summed E-state index contributed by atoms with van der Waals surface area (Å²) in [6.07, 6.45) is 0. The Labute approximate surface area is 61.0 Å². The minimum atomic E-state index is -1.19. The van der Waals surface area contributed by atoms with Gasteiger partial charge in [-0.15, -0.1) is 0 Å². The molecule has 0 fully saturated rings. The molecule has 0 spiro atoms. The Morgan fingerprint density at radius 3 is 1.75 bits per heavy atom. The molecule has 4 heavy (non-hydrogen) atoms. The molecule has 0 aliphatic rings. The fourth-order valence-electron chi connectivity index (χ4n) is 0. The monoisotopic (exact) mass is 152 g/mol. The second-order valence-corrected chi connectivity index (χ2v) is 0.359. The van der Waals surface area contributed by atoms with Crippen molar-refractivity contribution in [3.63, 3.8) is 0 Å². The largest absolute Gasteiger partial charge is 0.551 e. The Kier molecular flexibility index (Phi) is 20.2. The van der Waals surface area contributed by atoms with E-state index in [1.165, 1.54) is 0 Å². The standard InChI is InChI=1S/BrHO2.Ca/c2-1-3;/h2H;. The second-order valence-electron chi connectivity index (χ2n) is 0.0690. The number of hydrogen-bond donors (Lipinski definition) is 1. The minimum Gasteiger partial charge on any atom is -0.551 e. The maximum atomic E-state index is 8.52. The van der Waals surface area contributed by atoms with Gasteiger partial charge >= 0.3 is 15.5 Å². The molecular formula is HBrCaO2. The van der Waals surface area contributed by atoms with E-state index < -0.39 is 15.5 Å². The first kappa shape index (κ1) is 9.18. The van der Waals surface area contributed by atoms with Gasteiger partial charge in [-0.25, -0.2) is 0 Å². The summed E-state index contributed by atoms with van der Waals surface area (Å²) in [5.41, 5.74) is 0. The van der Waals surface area contributed by atoms with Gasteiger partial charge in [0.15, 0.2) is 0 Å². The first-order valence-electron chi connectivity index (χ1n) is 0.323. The molecule has 0 bridgehead atoms. The van der Waals surface area contributed by atoms with Crippen LogP contribution in [0, 0.1) is 15.5 Å². The van der Waals surface area contributed by atoms with Crippen molar-refractivity contribution < 1.29 is 23.9 Å². The van der Waals surface area contributed by atoms with E-state index in [-0.39, 0.29) is 37.7 Å². The van der Waals surface area contributed by atoms with Gasteiger partial charge in [0.25, 0.3) is 0 Å². The van der Waals surface area contributed by atoms with E-state index in [2.05, 4.69) is 0 Å². The molecular weight excluding hydrogens is 152 g/mol. The molecule has 4 heteroatoms. The van der Waals surface area contributed by atoms with Gasteiger partial charge < -0.3 is 4.20 Å². The summed E-state index contributed by atoms with van der Waals surface area (Å²) >= 11 is -1.19. The maximum absolute atomic E-state index is 8.52. The van der Waals surface area contributed by atoms with Crippen molar-refractivity contribution in [2.24, 2.45) is 0 Å². The molecule has 0 saturated carbocycles. The van der Waals surface area contributed by atoms with Gasteiger partial charge in [-0.2, -0.15) is 4.20 Å². The summed E-state index contributed by atoms with van der Waals surface area (Å²) in [6.45, 7) is 0. The van der Waals surface area contributed by atoms with Gasteiger partial charge in [0.1, 0.15) is 0 Å². The molecule has 2 nitrogen and oxygen atoms in total. The van der Waals surface area contributed by atoms with E-state index in [0.717, 1.165) is 0 Å². The summed E-state index contributed by atoms with van der Waals surface area (Å²) in [5.74, 6) is 0. The second kappa shape index (κ2) is 8.82. The van der Waals surface area contributed by atoms with Crippen LogP contribution < -0.4 is 4.20 Å². The summed E-state index contributed by atoms with van der Waals surface area (Å²) < 4.78 is 15.6. The molecule has 0 unspecified atom stereocenters. The zero-order valence-corrected chi connectivity index (χ0v) is 5.73. The quantitative estimate of drug-likeness (QED) is 0.404. The Morgan fingerprint density at radius 1 is 1.75 bits per heavy atom. The van der Waals surface area contributed by atoms with Crippen LogP contribution in [0.3, 0.4) is 0 Å². The fraction of sp³-hybridized carbons (Fsp3) is 0. The molecule has 0 atom stereocenters. The minimum absolute atomic E-state index is 0. The third-order valence-corrected chi connectivity index (χ3v) is 0. The number of halogens is 1. The Bertz CT molecular complexity index is 6.00. The molecule has 2 radical (unpaired) electrons. The van der Waals surface area contributed by atoms with Crippen LogP contribution in [0.2, 0.25) is 0 Å². The first-order valence-corrected chi connectivity index (χ1v) is 1.68. The molecule has 22 valence electrons. The summed E-state index contributed by atoms with van der Waals surface area (Å²) in [6, 6.07) is 0. The van der Waals surface area contributed by atoms with Crippen molar-refractivity contribution in [1.29, 1.82) is 0 Å². The molecule has 0 aliphatic heterocycles. The molecule has 0 saturated heterocycles. The van der Waals surface area contributed by atoms with Gasteiger partial charge in [-0.1, -0.05) is 0 Å². The summed E-state index contributed by atoms with van der Waals surface area (Å²) in [7, 11) is 0. The number of hydrogen-bond acceptors (Lipinski definition) is 2. The van der Waals surface area contributed by atoms with Crippen molar-refractivity contribution in [3.05, 3.63) is 0 Å². The van der Waals surface area contributed by atoms with E-state index in [1.807, 2.05) is 0 Å². The SMILES string of the molecule is [Ca].[O-][Br+]O. The smallest absolute Gasteiger partial charge is 0.417 e. The zero-order valence-electron chi connectivity index (χ0n) is 1.94. The maximum Gasteiger partial charge on any atom is 0.417 e. The fourth-order valence-corrected chi connectivity index (χ4v) is 0. The van der Waals surface area contributed by atoms with Gasteiger partial charge in [-0.05, 0) is 0 Å². The molecule has 0 aliphatic carbocycles. The average Bonchev–Trinajstić information content (AvgIpc) is 0.918. The third-order valence-electron chi connectivity index (χ3n) is 0. The first-order chi connectivity index (χ1) is 1.41. The topological polar surface area (TPSA) is 43.3 Å². The third kappa shape index (κ3) is 9.40. The van der Waals surface area contributed by atoms with Gasteiger partial charge in [0.2, 0.25) is 0 Å². The van der Waals surface area contributed by atoms with E-state index in [4.69, 9.17) is 8.40 Å². The Hall–Kier alpha value is 1.66. The van der Waals surface area contributed by atoms with Crippen LogP contribution in [0.1, 0.15) is 0 Å². The molecule has 0 aromatic carbocycles. The van der Waals surface area contributed by atoms with Crippen molar-refractivity contribution in [2.75, 3.05) is 0 Å². The van der Waals surface area contributed by atoms with Crippen molar-refractivity contribution in [3.8, 4) is 0 Å². The van der Waals surface area contributed by atoms with Gasteiger partial charge in [-0.3, -0.25) is 0 Å². The van der Waals surface area contributed by atoms with Crippen LogP contribution in [0.15, 0.2) is 0 Å². The Balaban J connectivity index is 0. The molecule has 0 aromatic heterocycles. The number of rotatable bonds is 0. The van der Waals surface area contributed by atoms with E-state index in [9.17, 15) is 0 Å². The van der Waals surface area contributed by atoms with E-state index in [1.54, 1.807) is 0 Å². The normalized spacial score (nSPS) is 4.50. The van der Waals surface area contributed by atoms with Gasteiger partial charge in [0, 0.05) is 37.7 Å². The molecule has 1 N–H and O–H groups in total. The predicted octanol–water partition coefficient (Wildman–Crippen LogP) is -2.13. The van der Waals surface area contributed by atoms with Crippen molar-refractivity contribution in [1.82, 2.24) is 0 Å². The zero-order chi connectivity index (χ0) is 2.71. The molecule has 0 rings (SSSR count). The van der Waals surface area contributed by atoms with Crippen LogP contribution in [0.4, 0.5) is 0 Å². The van der Waals surface area contributed by atoms with Crippen LogP contribution in [-0.2, 0) is 0 Å². The summed E-state index contributed by atoms with van der Waals surface area (Å²) in [5, 5.41) is 0. The van der Waals surface area contributed by atoms with Crippen molar-refractivity contribution in [2.45, 2.75) is 0 Å². The molecule has 0 amide bonds. The summed E-state index contributed by atoms with van der Waals surface area (Å²) in [4.78, 5) is 0. The predicted molar refractivity (Wildman–Crippen MR) is 7.97 cm³/mol. The molecule has 0 aromatic rings. The average molecular weight is 153 g/mol. The van der Waals surface area contributed by atoms with E-state index >= 15 is 0 Å². The molecule has 0 heterocycles. The van der Waals surface area contributed by atoms with Crippen molar-refractivity contribution >= 4 is 37.7 Å². The van der Waals surface area contributed by atoms with Crippen LogP contribution in [0.25, 0.3) is 0 Å². The van der Waals surface area contributed by atoms with Crippen LogP contribution in [-0.4, -0.2) is 41.9 Å². The Morgan fingerprint density at radius 2 is 1.75 bits per heavy atom. The van der Waals surface area contributed by atoms with Crippen LogP contribution >= 0.6 is 0 Å². The van der Waals surface area contributed by atoms with Gasteiger partial charge in [0.05, 0.1) is 0 Å². The van der Waals surface area contributed by atoms with Crippen LogP contribution in [0.5, 0.6) is 0 Å².